The first-order valence-electron chi connectivity index (χ1n) is 6.81. The van der Waals surface area contributed by atoms with Gasteiger partial charge in [0.05, 0.1) is 5.60 Å². The number of benzene rings is 1. The Hall–Kier alpha value is -1.23. The van der Waals surface area contributed by atoms with Crippen molar-refractivity contribution in [2.24, 2.45) is 11.8 Å². The van der Waals surface area contributed by atoms with E-state index >= 15 is 0 Å². The summed E-state index contributed by atoms with van der Waals surface area (Å²) in [7, 11) is 0. The van der Waals surface area contributed by atoms with Crippen LogP contribution in [0.5, 0.6) is 5.75 Å². The van der Waals surface area contributed by atoms with Crippen LogP contribution in [0.15, 0.2) is 24.3 Å². The lowest BCUT2D eigenvalue weighted by atomic mass is 9.67. The van der Waals surface area contributed by atoms with Gasteiger partial charge in [0.1, 0.15) is 5.75 Å². The van der Waals surface area contributed by atoms with Crippen molar-refractivity contribution in [2.75, 3.05) is 0 Å². The largest absolute Gasteiger partial charge is 0.573 e. The Morgan fingerprint density at radius 1 is 1.30 bits per heavy atom. The monoisotopic (exact) mass is 288 g/mol. The van der Waals surface area contributed by atoms with Crippen molar-refractivity contribution in [1.82, 2.24) is 0 Å². The van der Waals surface area contributed by atoms with E-state index in [0.717, 1.165) is 12.8 Å². The van der Waals surface area contributed by atoms with E-state index in [-0.39, 0.29) is 11.7 Å². The van der Waals surface area contributed by atoms with Crippen molar-refractivity contribution in [3.63, 3.8) is 0 Å². The summed E-state index contributed by atoms with van der Waals surface area (Å²) in [6.07, 6.45) is -2.25. The Morgan fingerprint density at radius 3 is 2.65 bits per heavy atom. The predicted octanol–water partition coefficient (Wildman–Crippen LogP) is 4.23. The molecule has 1 saturated carbocycles. The van der Waals surface area contributed by atoms with Gasteiger partial charge in [0.15, 0.2) is 0 Å². The van der Waals surface area contributed by atoms with E-state index in [9.17, 15) is 18.3 Å². The summed E-state index contributed by atoms with van der Waals surface area (Å²) in [6.45, 7) is 4.01. The van der Waals surface area contributed by atoms with E-state index in [1.165, 1.54) is 18.2 Å². The van der Waals surface area contributed by atoms with Gasteiger partial charge in [-0.1, -0.05) is 32.4 Å². The molecule has 3 atom stereocenters. The maximum absolute atomic E-state index is 12.3. The van der Waals surface area contributed by atoms with Crippen LogP contribution in [0.3, 0.4) is 0 Å². The molecule has 0 radical (unpaired) electrons. The molecule has 20 heavy (non-hydrogen) atoms. The minimum Gasteiger partial charge on any atom is -0.406 e. The average molecular weight is 288 g/mol. The van der Waals surface area contributed by atoms with Crippen molar-refractivity contribution in [3.05, 3.63) is 29.8 Å². The van der Waals surface area contributed by atoms with Gasteiger partial charge in [-0.15, -0.1) is 13.2 Å². The summed E-state index contributed by atoms with van der Waals surface area (Å²) in [5, 5.41) is 10.9. The normalized spacial score (nSPS) is 31.1. The zero-order valence-corrected chi connectivity index (χ0v) is 11.6. The van der Waals surface area contributed by atoms with Crippen molar-refractivity contribution in [3.8, 4) is 5.75 Å². The standard InChI is InChI=1S/C15H19F3O2/c1-10-5-4-8-14(19,11(10)2)12-6-3-7-13(9-12)20-15(16,17)18/h3,6-7,9-11,19H,4-5,8H2,1-2H3. The molecule has 0 bridgehead atoms. The number of ether oxygens (including phenoxy) is 1. The van der Waals surface area contributed by atoms with Crippen molar-refractivity contribution < 1.29 is 23.0 Å². The van der Waals surface area contributed by atoms with Crippen LogP contribution in [0, 0.1) is 11.8 Å². The van der Waals surface area contributed by atoms with Crippen LogP contribution in [0.1, 0.15) is 38.7 Å². The fraction of sp³-hybridized carbons (Fsp3) is 0.600. The zero-order valence-electron chi connectivity index (χ0n) is 11.6. The van der Waals surface area contributed by atoms with E-state index in [2.05, 4.69) is 11.7 Å². The second-order valence-corrected chi connectivity index (χ2v) is 5.66. The number of hydrogen-bond acceptors (Lipinski definition) is 2. The number of alkyl halides is 3. The van der Waals surface area contributed by atoms with Crippen LogP contribution in [0.25, 0.3) is 0 Å². The molecule has 1 aliphatic carbocycles. The highest BCUT2D eigenvalue weighted by atomic mass is 19.4. The van der Waals surface area contributed by atoms with Crippen molar-refractivity contribution >= 4 is 0 Å². The van der Waals surface area contributed by atoms with Crippen LogP contribution in [-0.4, -0.2) is 11.5 Å². The molecular formula is C15H19F3O2. The highest BCUT2D eigenvalue weighted by Gasteiger charge is 2.41. The fourth-order valence-corrected chi connectivity index (χ4v) is 3.01. The fourth-order valence-electron chi connectivity index (χ4n) is 3.01. The Morgan fingerprint density at radius 2 is 2.00 bits per heavy atom. The molecule has 2 nitrogen and oxygen atoms in total. The average Bonchev–Trinajstić information content (AvgIpc) is 2.34. The molecule has 1 fully saturated rings. The second-order valence-electron chi connectivity index (χ2n) is 5.66. The van der Waals surface area contributed by atoms with E-state index in [1.807, 2.05) is 6.92 Å². The molecule has 0 aromatic heterocycles. The molecular weight excluding hydrogens is 269 g/mol. The topological polar surface area (TPSA) is 29.5 Å². The number of rotatable bonds is 2. The summed E-state index contributed by atoms with van der Waals surface area (Å²) in [6, 6.07) is 5.69. The lowest BCUT2D eigenvalue weighted by molar-refractivity contribution is -0.274. The second kappa shape index (κ2) is 5.28. The van der Waals surface area contributed by atoms with Crippen LogP contribution in [0.2, 0.25) is 0 Å². The first kappa shape index (κ1) is 15.2. The van der Waals surface area contributed by atoms with Gasteiger partial charge in [-0.3, -0.25) is 0 Å². The molecule has 1 aromatic rings. The van der Waals surface area contributed by atoms with Crippen LogP contribution in [0.4, 0.5) is 13.2 Å². The van der Waals surface area contributed by atoms with Crippen LogP contribution < -0.4 is 4.74 Å². The summed E-state index contributed by atoms with van der Waals surface area (Å²) in [5.41, 5.74) is -0.582. The lowest BCUT2D eigenvalue weighted by Gasteiger charge is -2.42. The molecule has 1 aliphatic rings. The Balaban J connectivity index is 2.30. The third-order valence-corrected chi connectivity index (χ3v) is 4.39. The summed E-state index contributed by atoms with van der Waals surface area (Å²) in [4.78, 5) is 0. The number of hydrogen-bond donors (Lipinski definition) is 1. The Kier molecular flexibility index (Phi) is 4.00. The highest BCUT2D eigenvalue weighted by Crippen LogP contribution is 2.45. The molecule has 112 valence electrons. The minimum atomic E-state index is -4.72. The molecule has 5 heteroatoms. The van der Waals surface area contributed by atoms with E-state index in [4.69, 9.17) is 0 Å². The van der Waals surface area contributed by atoms with Gasteiger partial charge in [0, 0.05) is 0 Å². The summed E-state index contributed by atoms with van der Waals surface area (Å²) in [5.74, 6) is 0.0483. The Labute approximate surface area is 116 Å². The van der Waals surface area contributed by atoms with Gasteiger partial charge in [-0.2, -0.15) is 0 Å². The van der Waals surface area contributed by atoms with Crippen LogP contribution >= 0.6 is 0 Å². The van der Waals surface area contributed by atoms with Crippen molar-refractivity contribution in [2.45, 2.75) is 45.1 Å². The third kappa shape index (κ3) is 3.08. The lowest BCUT2D eigenvalue weighted by Crippen LogP contribution is -2.40. The van der Waals surface area contributed by atoms with Gasteiger partial charge in [-0.25, -0.2) is 0 Å². The highest BCUT2D eigenvalue weighted by molar-refractivity contribution is 5.33. The molecule has 1 N–H and O–H groups in total. The van der Waals surface area contributed by atoms with E-state index in [0.29, 0.717) is 17.9 Å². The summed E-state index contributed by atoms with van der Waals surface area (Å²) >= 11 is 0. The molecule has 0 aliphatic heterocycles. The van der Waals surface area contributed by atoms with Gasteiger partial charge in [-0.05, 0) is 42.4 Å². The van der Waals surface area contributed by atoms with Crippen molar-refractivity contribution in [1.29, 1.82) is 0 Å². The molecule has 0 saturated heterocycles. The molecule has 2 rings (SSSR count). The smallest absolute Gasteiger partial charge is 0.406 e. The SMILES string of the molecule is CC1CCCC(O)(c2cccc(OC(F)(F)F)c2)C1C. The number of aliphatic hydroxyl groups is 1. The van der Waals surface area contributed by atoms with E-state index in [1.54, 1.807) is 6.07 Å². The van der Waals surface area contributed by atoms with Crippen LogP contribution in [-0.2, 0) is 5.60 Å². The third-order valence-electron chi connectivity index (χ3n) is 4.39. The molecule has 3 unspecified atom stereocenters. The van der Waals surface area contributed by atoms with E-state index < -0.39 is 12.0 Å². The zero-order chi connectivity index (χ0) is 15.0. The Bertz CT molecular complexity index is 472. The minimum absolute atomic E-state index is 0.00242. The van der Waals surface area contributed by atoms with Gasteiger partial charge >= 0.3 is 6.36 Å². The van der Waals surface area contributed by atoms with Gasteiger partial charge in [0.2, 0.25) is 0 Å². The number of halogens is 3. The maximum Gasteiger partial charge on any atom is 0.573 e. The first-order chi connectivity index (χ1) is 9.22. The predicted molar refractivity (Wildman–Crippen MR) is 69.2 cm³/mol. The summed E-state index contributed by atoms with van der Waals surface area (Å²) < 4.78 is 40.7. The molecule has 0 heterocycles. The molecule has 1 aromatic carbocycles. The quantitative estimate of drug-likeness (QED) is 0.882. The molecule has 0 spiro atoms. The maximum atomic E-state index is 12.3. The van der Waals surface area contributed by atoms with Gasteiger partial charge in [0.25, 0.3) is 0 Å². The first-order valence-corrected chi connectivity index (χ1v) is 6.81. The molecule has 0 amide bonds. The van der Waals surface area contributed by atoms with Gasteiger partial charge < -0.3 is 9.84 Å².